The highest BCUT2D eigenvalue weighted by Gasteiger charge is 2.28. The van der Waals surface area contributed by atoms with E-state index < -0.39 is 5.60 Å². The third-order valence-corrected chi connectivity index (χ3v) is 5.44. The first-order valence-electron chi connectivity index (χ1n) is 11.0. The summed E-state index contributed by atoms with van der Waals surface area (Å²) < 4.78 is 5.62. The van der Waals surface area contributed by atoms with Crippen LogP contribution in [0.5, 0.6) is 0 Å². The molecular weight excluding hydrogens is 350 g/mol. The normalized spacial score (nSPS) is 19.3. The van der Waals surface area contributed by atoms with Gasteiger partial charge in [0.1, 0.15) is 11.4 Å². The zero-order chi connectivity index (χ0) is 20.7. The van der Waals surface area contributed by atoms with Gasteiger partial charge in [-0.15, -0.1) is 0 Å². The van der Waals surface area contributed by atoms with E-state index >= 15 is 0 Å². The van der Waals surface area contributed by atoms with Gasteiger partial charge in [0.15, 0.2) is 0 Å². The maximum absolute atomic E-state index is 12.8. The summed E-state index contributed by atoms with van der Waals surface area (Å²) in [7, 11) is 0. The molecule has 0 bridgehead atoms. The molecule has 1 aliphatic rings. The van der Waals surface area contributed by atoms with Gasteiger partial charge in [-0.1, -0.05) is 32.8 Å². The van der Waals surface area contributed by atoms with Crippen molar-refractivity contribution in [3.63, 3.8) is 0 Å². The number of likely N-dealkylation sites (tertiary alicyclic amines) is 1. The molecule has 1 saturated heterocycles. The molecule has 0 aromatic carbocycles. The molecule has 5 heteroatoms. The number of hydrogen-bond acceptors (Lipinski definition) is 4. The van der Waals surface area contributed by atoms with Crippen LogP contribution in [0.15, 0.2) is 18.3 Å². The van der Waals surface area contributed by atoms with Crippen molar-refractivity contribution in [2.24, 2.45) is 0 Å². The van der Waals surface area contributed by atoms with E-state index in [4.69, 9.17) is 4.74 Å². The van der Waals surface area contributed by atoms with Crippen molar-refractivity contribution < 1.29 is 9.53 Å². The van der Waals surface area contributed by atoms with Crippen molar-refractivity contribution in [3.05, 3.63) is 23.9 Å². The average Bonchev–Trinajstić information content (AvgIpc) is 2.65. The number of pyridine rings is 1. The molecule has 2 rings (SSSR count). The Balaban J connectivity index is 2.20. The lowest BCUT2D eigenvalue weighted by Gasteiger charge is -2.36. The SMILES string of the molecule is CCCCN1CCCC[C@@H]1c1ccc(N(C(=O)OC(C)(C)C)[C@@H](C)CC)nc1. The van der Waals surface area contributed by atoms with Gasteiger partial charge >= 0.3 is 6.09 Å². The van der Waals surface area contributed by atoms with E-state index in [2.05, 4.69) is 29.8 Å². The summed E-state index contributed by atoms with van der Waals surface area (Å²) in [5, 5.41) is 0. The highest BCUT2D eigenvalue weighted by Crippen LogP contribution is 2.32. The number of hydrogen-bond donors (Lipinski definition) is 0. The van der Waals surface area contributed by atoms with Crippen LogP contribution in [0.4, 0.5) is 10.6 Å². The summed E-state index contributed by atoms with van der Waals surface area (Å²) in [6, 6.07) is 4.61. The predicted octanol–water partition coefficient (Wildman–Crippen LogP) is 5.95. The summed E-state index contributed by atoms with van der Waals surface area (Å²) in [4.78, 5) is 21.7. The molecule has 0 radical (unpaired) electrons. The fourth-order valence-electron chi connectivity index (χ4n) is 3.73. The summed E-state index contributed by atoms with van der Waals surface area (Å²) in [5.41, 5.74) is 0.734. The molecule has 0 saturated carbocycles. The van der Waals surface area contributed by atoms with Gasteiger partial charge < -0.3 is 4.74 Å². The van der Waals surface area contributed by atoms with E-state index in [0.717, 1.165) is 13.0 Å². The van der Waals surface area contributed by atoms with Crippen molar-refractivity contribution in [2.75, 3.05) is 18.0 Å². The molecule has 0 aliphatic carbocycles. The lowest BCUT2D eigenvalue weighted by atomic mass is 9.96. The van der Waals surface area contributed by atoms with Crippen LogP contribution in [0.3, 0.4) is 0 Å². The lowest BCUT2D eigenvalue weighted by molar-refractivity contribution is 0.0566. The second kappa shape index (κ2) is 10.2. The summed E-state index contributed by atoms with van der Waals surface area (Å²) in [5.74, 6) is 0.670. The van der Waals surface area contributed by atoms with E-state index in [1.54, 1.807) is 4.90 Å². The fourth-order valence-corrected chi connectivity index (χ4v) is 3.73. The molecule has 1 fully saturated rings. The number of anilines is 1. The molecule has 2 atom stereocenters. The molecule has 1 aromatic heterocycles. The van der Waals surface area contributed by atoms with Gasteiger partial charge in [0, 0.05) is 18.3 Å². The third-order valence-electron chi connectivity index (χ3n) is 5.44. The molecular formula is C23H39N3O2. The van der Waals surface area contributed by atoms with Gasteiger partial charge in [-0.2, -0.15) is 0 Å². The molecule has 0 spiro atoms. The number of aromatic nitrogens is 1. The first-order valence-corrected chi connectivity index (χ1v) is 11.0. The minimum atomic E-state index is -0.523. The Hall–Kier alpha value is -1.62. The lowest BCUT2D eigenvalue weighted by Crippen LogP contribution is -2.42. The summed E-state index contributed by atoms with van der Waals surface area (Å²) >= 11 is 0. The second-order valence-corrected chi connectivity index (χ2v) is 8.96. The van der Waals surface area contributed by atoms with Gasteiger partial charge in [0.2, 0.25) is 0 Å². The van der Waals surface area contributed by atoms with Crippen molar-refractivity contribution >= 4 is 11.9 Å². The van der Waals surface area contributed by atoms with Crippen molar-refractivity contribution in [3.8, 4) is 0 Å². The Morgan fingerprint density at radius 2 is 2.07 bits per heavy atom. The first-order chi connectivity index (χ1) is 13.3. The molecule has 1 amide bonds. The molecule has 0 N–H and O–H groups in total. The molecule has 5 nitrogen and oxygen atoms in total. The zero-order valence-electron chi connectivity index (χ0n) is 18.7. The highest BCUT2D eigenvalue weighted by molar-refractivity contribution is 5.87. The Morgan fingerprint density at radius 1 is 1.32 bits per heavy atom. The Morgan fingerprint density at radius 3 is 2.64 bits per heavy atom. The van der Waals surface area contributed by atoms with Gasteiger partial charge in [-0.05, 0) is 78.1 Å². The maximum Gasteiger partial charge on any atom is 0.416 e. The largest absolute Gasteiger partial charge is 0.443 e. The number of carbonyl (C=O) groups is 1. The van der Waals surface area contributed by atoms with E-state index in [1.807, 2.05) is 40.0 Å². The van der Waals surface area contributed by atoms with Crippen LogP contribution in [0.1, 0.15) is 91.7 Å². The first kappa shape index (κ1) is 22.7. The van der Waals surface area contributed by atoms with Crippen LogP contribution in [0, 0.1) is 0 Å². The number of piperidine rings is 1. The van der Waals surface area contributed by atoms with Gasteiger partial charge in [-0.3, -0.25) is 9.80 Å². The van der Waals surface area contributed by atoms with E-state index in [9.17, 15) is 4.79 Å². The number of amides is 1. The topological polar surface area (TPSA) is 45.7 Å². The third kappa shape index (κ3) is 6.20. The molecule has 28 heavy (non-hydrogen) atoms. The number of nitrogens with zero attached hydrogens (tertiary/aromatic N) is 3. The monoisotopic (exact) mass is 389 g/mol. The van der Waals surface area contributed by atoms with E-state index in [0.29, 0.717) is 11.9 Å². The molecule has 1 aromatic rings. The Labute approximate surface area is 171 Å². The number of carbonyl (C=O) groups excluding carboxylic acids is 1. The molecule has 0 unspecified atom stereocenters. The predicted molar refractivity (Wildman–Crippen MR) is 116 cm³/mol. The fraction of sp³-hybridized carbons (Fsp3) is 0.739. The smallest absolute Gasteiger partial charge is 0.416 e. The van der Waals surface area contributed by atoms with Crippen LogP contribution < -0.4 is 4.90 Å². The maximum atomic E-state index is 12.8. The Kier molecular flexibility index (Phi) is 8.29. The van der Waals surface area contributed by atoms with Crippen LogP contribution in [0.2, 0.25) is 0 Å². The van der Waals surface area contributed by atoms with Crippen LogP contribution >= 0.6 is 0 Å². The van der Waals surface area contributed by atoms with Crippen molar-refractivity contribution in [2.45, 2.75) is 97.8 Å². The zero-order valence-corrected chi connectivity index (χ0v) is 18.7. The quantitative estimate of drug-likeness (QED) is 0.578. The van der Waals surface area contributed by atoms with E-state index in [1.165, 1.54) is 44.2 Å². The molecule has 158 valence electrons. The van der Waals surface area contributed by atoms with Crippen LogP contribution in [-0.2, 0) is 4.74 Å². The standard InChI is InChI=1S/C23H39N3O2/c1-7-9-15-25-16-11-10-12-20(25)19-13-14-21(24-17-19)26(18(3)8-2)22(27)28-23(4,5)6/h13-14,17-18,20H,7-12,15-16H2,1-6H3/t18-,20+/m0/s1. The minimum absolute atomic E-state index is 0.0314. The minimum Gasteiger partial charge on any atom is -0.443 e. The average molecular weight is 390 g/mol. The van der Waals surface area contributed by atoms with Crippen molar-refractivity contribution in [1.82, 2.24) is 9.88 Å². The van der Waals surface area contributed by atoms with Crippen LogP contribution in [-0.4, -0.2) is 40.7 Å². The number of rotatable bonds is 7. The number of ether oxygens (including phenoxy) is 1. The summed E-state index contributed by atoms with van der Waals surface area (Å²) in [6.07, 6.45) is 8.68. The van der Waals surface area contributed by atoms with Crippen LogP contribution in [0.25, 0.3) is 0 Å². The highest BCUT2D eigenvalue weighted by atomic mass is 16.6. The Bertz CT molecular complexity index is 609. The second-order valence-electron chi connectivity index (χ2n) is 8.96. The van der Waals surface area contributed by atoms with Gasteiger partial charge in [-0.25, -0.2) is 9.78 Å². The summed E-state index contributed by atoms with van der Waals surface area (Å²) in [6.45, 7) is 14.4. The number of unbranched alkanes of at least 4 members (excludes halogenated alkanes) is 1. The van der Waals surface area contributed by atoms with Crippen molar-refractivity contribution in [1.29, 1.82) is 0 Å². The van der Waals surface area contributed by atoms with Gasteiger partial charge in [0.25, 0.3) is 0 Å². The van der Waals surface area contributed by atoms with E-state index in [-0.39, 0.29) is 12.1 Å². The van der Waals surface area contributed by atoms with Gasteiger partial charge in [0.05, 0.1) is 0 Å². The molecule has 2 heterocycles. The molecule has 1 aliphatic heterocycles.